The van der Waals surface area contributed by atoms with Gasteiger partial charge in [0.15, 0.2) is 0 Å². The van der Waals surface area contributed by atoms with Crippen molar-refractivity contribution in [1.82, 2.24) is 41.0 Å². The highest BCUT2D eigenvalue weighted by molar-refractivity contribution is 5.37. The van der Waals surface area contributed by atoms with E-state index in [0.29, 0.717) is 65.4 Å². The molecule has 2 aromatic heterocycles. The van der Waals surface area contributed by atoms with Crippen molar-refractivity contribution in [3.8, 4) is 46.0 Å². The lowest BCUT2D eigenvalue weighted by atomic mass is 10.1. The number of hydrogen-bond donors (Lipinski definition) is 4. The molecule has 4 N–H and O–H groups in total. The van der Waals surface area contributed by atoms with E-state index in [0.717, 1.165) is 129 Å². The molecular formula is C99H140N8O8. The third-order valence-corrected chi connectivity index (χ3v) is 19.8. The number of pyridine rings is 2. The van der Waals surface area contributed by atoms with Crippen molar-refractivity contribution in [2.24, 2.45) is 0 Å². The molecule has 10 aromatic rings. The van der Waals surface area contributed by atoms with Crippen LogP contribution < -0.4 is 59.2 Å². The molecule has 0 radical (unpaired) electrons. The Bertz CT molecular complexity index is 3990. The Hall–Kier alpha value is -9.78. The van der Waals surface area contributed by atoms with Gasteiger partial charge in [-0.2, -0.15) is 0 Å². The Morgan fingerprint density at radius 1 is 0.330 bits per heavy atom. The number of nitrogens with one attached hydrogen (secondary N) is 4. The molecule has 4 heterocycles. The lowest BCUT2D eigenvalue weighted by molar-refractivity contribution is 0.190. The maximum absolute atomic E-state index is 6.11. The van der Waals surface area contributed by atoms with Gasteiger partial charge in [-0.05, 0) is 257 Å². The van der Waals surface area contributed by atoms with Gasteiger partial charge in [0.25, 0.3) is 0 Å². The Kier molecular flexibility index (Phi) is 47.2. The van der Waals surface area contributed by atoms with Gasteiger partial charge in [-0.15, -0.1) is 0 Å². The van der Waals surface area contributed by atoms with Gasteiger partial charge in [-0.25, -0.2) is 0 Å². The van der Waals surface area contributed by atoms with E-state index in [1.165, 1.54) is 57.3 Å². The molecule has 2 saturated heterocycles. The maximum atomic E-state index is 6.11. The first kappa shape index (κ1) is 97.6. The molecule has 0 bridgehead atoms. The average Bonchev–Trinajstić information content (AvgIpc) is 1.86. The van der Waals surface area contributed by atoms with E-state index >= 15 is 0 Å². The lowest BCUT2D eigenvalue weighted by Crippen LogP contribution is -2.43. The highest BCUT2D eigenvalue weighted by atomic mass is 16.5. The zero-order valence-corrected chi connectivity index (χ0v) is 66.6. The number of hydrogen-bond acceptors (Lipinski definition) is 16. The summed E-state index contributed by atoms with van der Waals surface area (Å²) in [5.41, 5.74) is 11.4. The number of nitrogens with zero attached hydrogens (tertiary/aromatic N) is 4. The highest BCUT2D eigenvalue weighted by Crippen LogP contribution is 2.25. The number of aromatic nitrogens is 2. The van der Waals surface area contributed by atoms with Crippen molar-refractivity contribution < 1.29 is 37.9 Å². The summed E-state index contributed by atoms with van der Waals surface area (Å²) in [6.07, 6.45) is 12.9. The zero-order valence-electron chi connectivity index (χ0n) is 66.6. The summed E-state index contributed by atoms with van der Waals surface area (Å²) in [5.74, 6) is 7.41. The van der Waals surface area contributed by atoms with Crippen molar-refractivity contribution in [3.63, 3.8) is 0 Å². The van der Waals surface area contributed by atoms with Crippen LogP contribution in [0, 0.1) is 55.4 Å². The molecule has 1 atom stereocenters. The molecule has 2 aliphatic heterocycles. The molecule has 115 heavy (non-hydrogen) atoms. The monoisotopic (exact) mass is 1570 g/mol. The van der Waals surface area contributed by atoms with Crippen LogP contribution in [0.5, 0.6) is 46.0 Å². The van der Waals surface area contributed by atoms with Crippen LogP contribution in [0.1, 0.15) is 125 Å². The van der Waals surface area contributed by atoms with Crippen molar-refractivity contribution in [3.05, 3.63) is 299 Å². The van der Waals surface area contributed by atoms with Crippen molar-refractivity contribution in [2.75, 3.05) is 106 Å². The molecule has 624 valence electrons. The van der Waals surface area contributed by atoms with Crippen LogP contribution >= 0.6 is 0 Å². The van der Waals surface area contributed by atoms with Gasteiger partial charge in [0, 0.05) is 44.3 Å². The van der Waals surface area contributed by atoms with E-state index in [-0.39, 0.29) is 61.3 Å². The van der Waals surface area contributed by atoms with Gasteiger partial charge in [-0.1, -0.05) is 189 Å². The summed E-state index contributed by atoms with van der Waals surface area (Å²) in [5, 5.41) is 14.4. The first-order valence-electron chi connectivity index (χ1n) is 39.4. The summed E-state index contributed by atoms with van der Waals surface area (Å²) in [7, 11) is 2.23. The lowest BCUT2D eigenvalue weighted by Gasteiger charge is -2.23. The topological polar surface area (TPSA) is 154 Å². The van der Waals surface area contributed by atoms with E-state index in [4.69, 9.17) is 37.9 Å². The predicted molar refractivity (Wildman–Crippen MR) is 481 cm³/mol. The van der Waals surface area contributed by atoms with Gasteiger partial charge < -0.3 is 69.0 Å². The Labute approximate surface area is 693 Å². The van der Waals surface area contributed by atoms with E-state index in [9.17, 15) is 0 Å². The zero-order chi connectivity index (χ0) is 77.2. The van der Waals surface area contributed by atoms with Crippen molar-refractivity contribution >= 4 is 0 Å². The van der Waals surface area contributed by atoms with Crippen LogP contribution in [-0.2, 0) is 13.0 Å². The second-order valence-electron chi connectivity index (χ2n) is 28.7. The van der Waals surface area contributed by atoms with E-state index < -0.39 is 0 Å². The van der Waals surface area contributed by atoms with Crippen LogP contribution in [0.4, 0.5) is 0 Å². The highest BCUT2D eigenvalue weighted by Gasteiger charge is 2.22. The Balaban J connectivity index is 0.000000318. The molecule has 8 aromatic carbocycles. The van der Waals surface area contributed by atoms with Crippen LogP contribution in [0.3, 0.4) is 0 Å². The molecule has 1 unspecified atom stereocenters. The standard InChI is InChI=1S/C24H34N2O2.C24H28N2O2.C23H26N2O2.C23H32N2O2.5CH4/c1-19-9-4-6-12-23(19)27-17-21(18-28-24-13-7-5-10-20(24)2)25-15-14-22-11-8-16-26(22)3;1-19-7-3-5-9-23(19)27-17-22(18-28-24-10-6-4-8-20(24)2)26-16-13-21-11-14-25-15-12-21;1-18-9-3-5-12-22(18)26-16-21(25-15-20-11-7-8-14-24-20)17-27-23-13-6-4-10-19(23)2;1-19-9-3-5-11-22(19)26-17-21(24-13-16-25-14-7-8-15-25)18-27-23-12-6-4-10-20(23)2;;;;;/h4-7,9-10,12-13,21-22,25H,8,11,14-18H2,1-3H3;3-12,14-15,22,26H,13,16-18H2,1-2H3;3-14,21,25H,15-17H2,1-2H3;3-6,9-12,21,24H,7-8,13-18H2,1-2H3;5*1H4. The number of likely N-dealkylation sites (tertiary alicyclic amines) is 2. The van der Waals surface area contributed by atoms with Crippen LogP contribution in [0.15, 0.2) is 243 Å². The quantitative estimate of drug-likeness (QED) is 0.0289. The van der Waals surface area contributed by atoms with Crippen LogP contribution in [-0.4, -0.2) is 156 Å². The van der Waals surface area contributed by atoms with Crippen LogP contribution in [0.25, 0.3) is 0 Å². The number of rotatable bonds is 39. The summed E-state index contributed by atoms with van der Waals surface area (Å²) in [6.45, 7) is 29.3. The summed E-state index contributed by atoms with van der Waals surface area (Å²) >= 11 is 0. The first-order valence-corrected chi connectivity index (χ1v) is 39.4. The fraction of sp³-hybridized carbons (Fsp3) is 0.414. The molecule has 0 amide bonds. The number of benzene rings is 8. The SMILES string of the molecule is C.C.C.C.C.Cc1ccccc1OCC(COc1ccccc1C)NCCC1CCCN1C.Cc1ccccc1OCC(COc1ccccc1C)NCCN1CCCC1.Cc1ccccc1OCC(COc1ccccc1C)NCCc1ccncc1.Cc1ccccc1OCC(COc1ccccc1C)NCc1ccccn1. The van der Waals surface area contributed by atoms with Crippen LogP contribution in [0.2, 0.25) is 0 Å². The van der Waals surface area contributed by atoms with Gasteiger partial charge in [0.05, 0.1) is 29.9 Å². The first-order chi connectivity index (χ1) is 53.8. The number of ether oxygens (including phenoxy) is 8. The maximum Gasteiger partial charge on any atom is 0.122 e. The largest absolute Gasteiger partial charge is 0.492 e. The minimum atomic E-state index is 0. The average molecular weight is 1570 g/mol. The van der Waals surface area contributed by atoms with Gasteiger partial charge >= 0.3 is 0 Å². The van der Waals surface area contributed by atoms with E-state index in [1.807, 2.05) is 188 Å². The molecule has 16 heteroatoms. The van der Waals surface area contributed by atoms with Crippen molar-refractivity contribution in [2.45, 2.75) is 168 Å². The molecule has 0 spiro atoms. The van der Waals surface area contributed by atoms with Gasteiger partial charge in [0.2, 0.25) is 0 Å². The third kappa shape index (κ3) is 35.9. The minimum absolute atomic E-state index is 0. The van der Waals surface area contributed by atoms with E-state index in [1.54, 1.807) is 6.20 Å². The second kappa shape index (κ2) is 55.7. The van der Waals surface area contributed by atoms with Crippen molar-refractivity contribution in [1.29, 1.82) is 0 Å². The molecular weight excluding hydrogens is 1430 g/mol. The molecule has 2 aliphatic rings. The fourth-order valence-corrected chi connectivity index (χ4v) is 12.9. The molecule has 12 rings (SSSR count). The minimum Gasteiger partial charge on any atom is -0.492 e. The molecule has 0 saturated carbocycles. The predicted octanol–water partition coefficient (Wildman–Crippen LogP) is 19.9. The number of para-hydroxylation sites is 8. The Morgan fingerprint density at radius 2 is 0.626 bits per heavy atom. The van der Waals surface area contributed by atoms with Gasteiger partial charge in [0.1, 0.15) is 98.9 Å². The van der Waals surface area contributed by atoms with Gasteiger partial charge in [-0.3, -0.25) is 9.97 Å². The third-order valence-electron chi connectivity index (χ3n) is 19.8. The normalized spacial score (nSPS) is 12.8. The summed E-state index contributed by atoms with van der Waals surface area (Å²) in [4.78, 5) is 13.4. The summed E-state index contributed by atoms with van der Waals surface area (Å²) in [6, 6.07) is 76.0. The molecule has 2 fully saturated rings. The molecule has 0 aliphatic carbocycles. The molecule has 16 nitrogen and oxygen atoms in total. The fourth-order valence-electron chi connectivity index (χ4n) is 12.9. The second-order valence-corrected chi connectivity index (χ2v) is 28.7. The smallest absolute Gasteiger partial charge is 0.122 e. The van der Waals surface area contributed by atoms with E-state index in [2.05, 4.69) is 152 Å². The summed E-state index contributed by atoms with van der Waals surface area (Å²) < 4.78 is 48.6. The Morgan fingerprint density at radius 3 is 0.922 bits per heavy atom. The number of aryl methyl sites for hydroxylation is 8.